The Bertz CT molecular complexity index is 958. The Labute approximate surface area is 177 Å². The zero-order valence-corrected chi connectivity index (χ0v) is 17.0. The van der Waals surface area contributed by atoms with Crippen molar-refractivity contribution in [3.63, 3.8) is 0 Å². The summed E-state index contributed by atoms with van der Waals surface area (Å²) in [5.41, 5.74) is 0.917. The fraction of sp³-hybridized carbons (Fsp3) is 0.500. The number of nitrogens with zero attached hydrogens (tertiary/aromatic N) is 4. The average Bonchev–Trinajstić information content (AvgIpc) is 3.33. The predicted molar refractivity (Wildman–Crippen MR) is 111 cm³/mol. The van der Waals surface area contributed by atoms with Crippen LogP contribution in [0.5, 0.6) is 0 Å². The summed E-state index contributed by atoms with van der Waals surface area (Å²) in [7, 11) is 0. The molecular weight excluding hydrogens is 417 g/mol. The highest BCUT2D eigenvalue weighted by Crippen LogP contribution is 2.36. The summed E-state index contributed by atoms with van der Waals surface area (Å²) in [4.78, 5) is 12.5. The third-order valence-corrected chi connectivity index (χ3v) is 6.24. The van der Waals surface area contributed by atoms with Gasteiger partial charge in [-0.25, -0.2) is 23.1 Å². The van der Waals surface area contributed by atoms with Gasteiger partial charge in [0.1, 0.15) is 23.3 Å². The minimum absolute atomic E-state index is 0.0703. The molecule has 0 aromatic carbocycles. The quantitative estimate of drug-likeness (QED) is 0.757. The number of piperidine rings is 1. The molecule has 0 saturated carbocycles. The second-order valence-electron chi connectivity index (χ2n) is 8.21. The smallest absolute Gasteiger partial charge is 0.265 e. The molecule has 5 rings (SSSR count). The molecular formula is C20H22ClF3N6. The van der Waals surface area contributed by atoms with Crippen LogP contribution >= 0.6 is 11.6 Å². The van der Waals surface area contributed by atoms with Crippen LogP contribution in [-0.4, -0.2) is 54.2 Å². The lowest BCUT2D eigenvalue weighted by molar-refractivity contribution is -0.0118. The standard InChI is InChI=1S/C20H22ClF3N6/c21-15-9-26-17(7-16(15)22)27-18-5-13(30-10-12-4-14(30)8-25-12)6-19(28-18)29-3-1-2-20(23,24)11-29/h5-7,9,12,14,25H,1-4,8,10-11H2,(H,26,27,28). The molecule has 0 spiro atoms. The maximum absolute atomic E-state index is 14.0. The molecule has 2 N–H and O–H groups in total. The highest BCUT2D eigenvalue weighted by atomic mass is 35.5. The van der Waals surface area contributed by atoms with Gasteiger partial charge in [0.15, 0.2) is 0 Å². The van der Waals surface area contributed by atoms with Gasteiger partial charge >= 0.3 is 0 Å². The van der Waals surface area contributed by atoms with E-state index in [-0.39, 0.29) is 23.8 Å². The van der Waals surface area contributed by atoms with Gasteiger partial charge in [0.05, 0.1) is 17.8 Å². The van der Waals surface area contributed by atoms with E-state index in [2.05, 4.69) is 25.5 Å². The third kappa shape index (κ3) is 3.88. The van der Waals surface area contributed by atoms with Crippen LogP contribution in [0.4, 0.5) is 36.3 Å². The van der Waals surface area contributed by atoms with Crippen LogP contribution in [0.25, 0.3) is 0 Å². The van der Waals surface area contributed by atoms with Crippen molar-refractivity contribution >= 4 is 34.7 Å². The number of hydrogen-bond acceptors (Lipinski definition) is 6. The minimum Gasteiger partial charge on any atom is -0.365 e. The summed E-state index contributed by atoms with van der Waals surface area (Å²) >= 11 is 5.71. The molecule has 10 heteroatoms. The van der Waals surface area contributed by atoms with Crippen molar-refractivity contribution in [3.8, 4) is 0 Å². The van der Waals surface area contributed by atoms with Crippen LogP contribution in [0.1, 0.15) is 19.3 Å². The van der Waals surface area contributed by atoms with Gasteiger partial charge < -0.3 is 20.4 Å². The molecule has 2 atom stereocenters. The lowest BCUT2D eigenvalue weighted by Crippen LogP contribution is -2.44. The Morgan fingerprint density at radius 1 is 1.23 bits per heavy atom. The van der Waals surface area contributed by atoms with Crippen LogP contribution in [0.15, 0.2) is 24.4 Å². The van der Waals surface area contributed by atoms with Crippen LogP contribution in [-0.2, 0) is 0 Å². The molecule has 3 saturated heterocycles. The number of anilines is 4. The lowest BCUT2D eigenvalue weighted by atomic mass is 10.1. The number of pyridine rings is 2. The first-order chi connectivity index (χ1) is 14.4. The van der Waals surface area contributed by atoms with Crippen LogP contribution in [0, 0.1) is 5.82 Å². The Kier molecular flexibility index (Phi) is 4.89. The van der Waals surface area contributed by atoms with Gasteiger partial charge in [-0.2, -0.15) is 0 Å². The zero-order valence-electron chi connectivity index (χ0n) is 16.2. The van der Waals surface area contributed by atoms with E-state index in [1.807, 2.05) is 12.1 Å². The summed E-state index contributed by atoms with van der Waals surface area (Å²) in [6.07, 6.45) is 2.58. The summed E-state index contributed by atoms with van der Waals surface area (Å²) in [6.45, 7) is 1.92. The first kappa shape index (κ1) is 19.7. The molecule has 0 aliphatic carbocycles. The number of alkyl halides is 2. The predicted octanol–water partition coefficient (Wildman–Crippen LogP) is 3.80. The first-order valence-corrected chi connectivity index (χ1v) is 10.5. The molecule has 5 heterocycles. The molecule has 3 fully saturated rings. The Balaban J connectivity index is 1.49. The normalized spacial score (nSPS) is 25.1. The molecule has 160 valence electrons. The van der Waals surface area contributed by atoms with E-state index >= 15 is 0 Å². The number of aromatic nitrogens is 2. The first-order valence-electron chi connectivity index (χ1n) is 10.1. The number of nitrogens with one attached hydrogen (secondary N) is 2. The molecule has 30 heavy (non-hydrogen) atoms. The van der Waals surface area contributed by atoms with E-state index < -0.39 is 11.7 Å². The van der Waals surface area contributed by atoms with Crippen molar-refractivity contribution in [3.05, 3.63) is 35.2 Å². The van der Waals surface area contributed by atoms with Crippen molar-refractivity contribution in [1.29, 1.82) is 0 Å². The fourth-order valence-electron chi connectivity index (χ4n) is 4.55. The van der Waals surface area contributed by atoms with Crippen molar-refractivity contribution in [2.24, 2.45) is 0 Å². The second kappa shape index (κ2) is 7.46. The number of hydrogen-bond donors (Lipinski definition) is 2. The van der Waals surface area contributed by atoms with Crippen LogP contribution < -0.4 is 20.4 Å². The van der Waals surface area contributed by atoms with Crippen molar-refractivity contribution < 1.29 is 13.2 Å². The monoisotopic (exact) mass is 438 g/mol. The summed E-state index contributed by atoms with van der Waals surface area (Å²) in [6, 6.07) is 5.73. The molecule has 3 aliphatic heterocycles. The van der Waals surface area contributed by atoms with E-state index in [4.69, 9.17) is 11.6 Å². The van der Waals surface area contributed by atoms with E-state index in [1.54, 1.807) is 4.90 Å². The van der Waals surface area contributed by atoms with Gasteiger partial charge in [0.25, 0.3) is 5.92 Å². The molecule has 2 aromatic heterocycles. The highest BCUT2D eigenvalue weighted by molar-refractivity contribution is 6.30. The average molecular weight is 439 g/mol. The van der Waals surface area contributed by atoms with Gasteiger partial charge in [0.2, 0.25) is 0 Å². The summed E-state index contributed by atoms with van der Waals surface area (Å²) in [5, 5.41) is 6.40. The second-order valence-corrected chi connectivity index (χ2v) is 8.61. The van der Waals surface area contributed by atoms with E-state index in [0.717, 1.165) is 25.2 Å². The molecule has 0 radical (unpaired) electrons. The van der Waals surface area contributed by atoms with Crippen LogP contribution in [0.3, 0.4) is 0 Å². The van der Waals surface area contributed by atoms with Gasteiger partial charge in [-0.3, -0.25) is 0 Å². The molecule has 2 unspecified atom stereocenters. The minimum atomic E-state index is -2.74. The summed E-state index contributed by atoms with van der Waals surface area (Å²) in [5.74, 6) is -2.16. The third-order valence-electron chi connectivity index (χ3n) is 5.97. The zero-order chi connectivity index (χ0) is 20.9. The Morgan fingerprint density at radius 3 is 2.80 bits per heavy atom. The van der Waals surface area contributed by atoms with Gasteiger partial charge in [-0.05, 0) is 12.8 Å². The SMILES string of the molecule is Fc1cc(Nc2cc(N3CC4CC3CN4)cc(N3CCCC(F)(F)C3)n2)ncc1Cl. The van der Waals surface area contributed by atoms with Crippen molar-refractivity contribution in [1.82, 2.24) is 15.3 Å². The van der Waals surface area contributed by atoms with Gasteiger partial charge in [0, 0.05) is 62.0 Å². The van der Waals surface area contributed by atoms with Gasteiger partial charge in [-0.15, -0.1) is 0 Å². The van der Waals surface area contributed by atoms with Gasteiger partial charge in [-0.1, -0.05) is 11.6 Å². The fourth-order valence-corrected chi connectivity index (χ4v) is 4.65. The summed E-state index contributed by atoms with van der Waals surface area (Å²) < 4.78 is 41.9. The van der Waals surface area contributed by atoms with E-state index in [1.165, 1.54) is 12.3 Å². The number of piperazine rings is 1. The number of halogens is 4. The lowest BCUT2D eigenvalue weighted by Gasteiger charge is -2.35. The Hall–Kier alpha value is -2.26. The Morgan fingerprint density at radius 2 is 2.10 bits per heavy atom. The largest absolute Gasteiger partial charge is 0.365 e. The maximum Gasteiger partial charge on any atom is 0.265 e. The van der Waals surface area contributed by atoms with E-state index in [0.29, 0.717) is 36.7 Å². The topological polar surface area (TPSA) is 56.3 Å². The maximum atomic E-state index is 14.0. The number of rotatable bonds is 4. The van der Waals surface area contributed by atoms with Crippen molar-refractivity contribution in [2.45, 2.75) is 37.3 Å². The molecule has 2 aromatic rings. The van der Waals surface area contributed by atoms with Crippen LogP contribution in [0.2, 0.25) is 5.02 Å². The molecule has 6 nitrogen and oxygen atoms in total. The number of fused-ring (bicyclic) bond motifs is 2. The van der Waals surface area contributed by atoms with E-state index in [9.17, 15) is 13.2 Å². The highest BCUT2D eigenvalue weighted by Gasteiger charge is 2.39. The molecule has 2 bridgehead atoms. The van der Waals surface area contributed by atoms with Crippen molar-refractivity contribution in [2.75, 3.05) is 41.3 Å². The molecule has 3 aliphatic rings. The molecule has 0 amide bonds.